The molecule has 0 unspecified atom stereocenters. The van der Waals surface area contributed by atoms with Gasteiger partial charge in [-0.25, -0.2) is 15.0 Å². The summed E-state index contributed by atoms with van der Waals surface area (Å²) in [5.74, 6) is 2.70. The van der Waals surface area contributed by atoms with E-state index < -0.39 is 0 Å². The maximum absolute atomic E-state index is 4.52. The Balaban J connectivity index is 0.00000264. The van der Waals surface area contributed by atoms with Crippen molar-refractivity contribution in [3.63, 3.8) is 0 Å². The Morgan fingerprint density at radius 2 is 2.26 bits per heavy atom. The van der Waals surface area contributed by atoms with Crippen LogP contribution in [0.2, 0.25) is 0 Å². The summed E-state index contributed by atoms with van der Waals surface area (Å²) in [5.41, 5.74) is 0. The van der Waals surface area contributed by atoms with Gasteiger partial charge in [-0.1, -0.05) is 11.8 Å². The van der Waals surface area contributed by atoms with Crippen molar-refractivity contribution in [3.8, 4) is 0 Å². The summed E-state index contributed by atoms with van der Waals surface area (Å²) in [6, 6.07) is 0. The third-order valence-electron chi connectivity index (χ3n) is 2.78. The van der Waals surface area contributed by atoms with Crippen LogP contribution in [0.3, 0.4) is 0 Å². The van der Waals surface area contributed by atoms with E-state index in [4.69, 9.17) is 0 Å². The second-order valence-corrected chi connectivity index (χ2v) is 6.66. The van der Waals surface area contributed by atoms with Crippen LogP contribution in [-0.2, 0) is 13.6 Å². The molecule has 0 atom stereocenters. The molecule has 2 rings (SSSR count). The maximum Gasteiger partial charge on any atom is 0.191 e. The van der Waals surface area contributed by atoms with Crippen LogP contribution in [0.1, 0.15) is 19.2 Å². The number of nitrogens with one attached hydrogen (secondary N) is 2. The van der Waals surface area contributed by atoms with Crippen LogP contribution in [0.5, 0.6) is 0 Å². The van der Waals surface area contributed by atoms with Crippen LogP contribution < -0.4 is 10.6 Å². The summed E-state index contributed by atoms with van der Waals surface area (Å²) in [6.45, 7) is 4.28. The van der Waals surface area contributed by atoms with Crippen molar-refractivity contribution < 1.29 is 0 Å². The predicted molar refractivity (Wildman–Crippen MR) is 107 cm³/mol. The minimum absolute atomic E-state index is 0. The fourth-order valence-corrected chi connectivity index (χ4v) is 3.32. The molecule has 0 saturated carbocycles. The van der Waals surface area contributed by atoms with E-state index in [1.54, 1.807) is 34.1 Å². The molecule has 0 aliphatic rings. The minimum Gasteiger partial charge on any atom is -0.357 e. The topological polar surface area (TPSA) is 80.0 Å². The average Bonchev–Trinajstić information content (AvgIpc) is 3.16. The molecule has 7 nitrogen and oxygen atoms in total. The van der Waals surface area contributed by atoms with Gasteiger partial charge in [0.05, 0.1) is 0 Å². The molecule has 2 heterocycles. The zero-order valence-corrected chi connectivity index (χ0v) is 17.2. The van der Waals surface area contributed by atoms with Gasteiger partial charge < -0.3 is 10.6 Å². The van der Waals surface area contributed by atoms with E-state index in [0.29, 0.717) is 6.54 Å². The lowest BCUT2D eigenvalue weighted by Crippen LogP contribution is -2.38. The van der Waals surface area contributed by atoms with Crippen molar-refractivity contribution >= 4 is 53.0 Å². The summed E-state index contributed by atoms with van der Waals surface area (Å²) in [7, 11) is 1.87. The molecule has 23 heavy (non-hydrogen) atoms. The third kappa shape index (κ3) is 7.48. The highest BCUT2D eigenvalue weighted by Crippen LogP contribution is 2.20. The molecule has 0 fully saturated rings. The molecule has 0 aromatic carbocycles. The maximum atomic E-state index is 4.52. The molecule has 0 saturated heterocycles. The first-order chi connectivity index (χ1) is 10.8. The van der Waals surface area contributed by atoms with Crippen LogP contribution >= 0.6 is 47.1 Å². The van der Waals surface area contributed by atoms with E-state index in [9.17, 15) is 0 Å². The van der Waals surface area contributed by atoms with Crippen molar-refractivity contribution in [1.82, 2.24) is 30.4 Å². The molecule has 0 spiro atoms. The molecule has 2 aromatic rings. The van der Waals surface area contributed by atoms with Crippen molar-refractivity contribution in [1.29, 1.82) is 0 Å². The first kappa shape index (κ1) is 20.2. The normalized spacial score (nSPS) is 11.1. The average molecular weight is 467 g/mol. The summed E-state index contributed by atoms with van der Waals surface area (Å²) in [5, 5.41) is 12.6. The lowest BCUT2D eigenvalue weighted by Gasteiger charge is -2.10. The molecule has 2 N–H and O–H groups in total. The quantitative estimate of drug-likeness (QED) is 0.204. The number of aromatic nitrogens is 4. The van der Waals surface area contributed by atoms with Gasteiger partial charge in [-0.3, -0.25) is 4.68 Å². The second kappa shape index (κ2) is 11.6. The van der Waals surface area contributed by atoms with Gasteiger partial charge in [0.1, 0.15) is 23.0 Å². The highest BCUT2D eigenvalue weighted by molar-refractivity contribution is 14.0. The molecule has 0 aliphatic heterocycles. The summed E-state index contributed by atoms with van der Waals surface area (Å²) >= 11 is 3.47. The van der Waals surface area contributed by atoms with Crippen molar-refractivity contribution in [3.05, 3.63) is 23.7 Å². The number of thiazole rings is 1. The molecular formula is C13H22IN7S2. The Hall–Kier alpha value is -0.880. The van der Waals surface area contributed by atoms with E-state index >= 15 is 0 Å². The summed E-state index contributed by atoms with van der Waals surface area (Å²) in [6.07, 6.45) is 4.44. The standard InChI is InChI=1S/C13H21N7S2.HI/c1-3-14-12(17-9-11-18-10-19-20(11)2)15-5-4-7-21-13-16-6-8-22-13;/h6,8,10H,3-5,7,9H2,1-2H3,(H2,14,15,17);1H. The Morgan fingerprint density at radius 3 is 2.91 bits per heavy atom. The Kier molecular flexibility index (Phi) is 10.2. The molecule has 0 amide bonds. The zero-order valence-electron chi connectivity index (χ0n) is 13.2. The Labute approximate surface area is 161 Å². The van der Waals surface area contributed by atoms with Gasteiger partial charge in [0, 0.05) is 37.5 Å². The predicted octanol–water partition coefficient (Wildman–Crippen LogP) is 2.13. The van der Waals surface area contributed by atoms with Crippen molar-refractivity contribution in [2.24, 2.45) is 12.0 Å². The highest BCUT2D eigenvalue weighted by atomic mass is 127. The second-order valence-electron chi connectivity index (χ2n) is 4.42. The first-order valence-corrected chi connectivity index (χ1v) is 9.03. The minimum atomic E-state index is 0. The largest absolute Gasteiger partial charge is 0.357 e. The Bertz CT molecular complexity index is 571. The van der Waals surface area contributed by atoms with E-state index in [1.165, 1.54) is 0 Å². The van der Waals surface area contributed by atoms with Gasteiger partial charge in [-0.2, -0.15) is 5.10 Å². The molecule has 128 valence electrons. The van der Waals surface area contributed by atoms with Crippen LogP contribution in [0.25, 0.3) is 0 Å². The molecule has 0 bridgehead atoms. The SMILES string of the molecule is CCNC(=NCc1ncnn1C)NCCCSc1nccs1.I. The van der Waals surface area contributed by atoms with E-state index in [-0.39, 0.29) is 24.0 Å². The van der Waals surface area contributed by atoms with Gasteiger partial charge in [0.25, 0.3) is 0 Å². The summed E-state index contributed by atoms with van der Waals surface area (Å²) in [4.78, 5) is 12.9. The lowest BCUT2D eigenvalue weighted by molar-refractivity contribution is 0.697. The third-order valence-corrected chi connectivity index (χ3v) is 4.83. The number of hydrogen-bond donors (Lipinski definition) is 2. The number of hydrogen-bond acceptors (Lipinski definition) is 6. The van der Waals surface area contributed by atoms with E-state index in [1.807, 2.05) is 18.6 Å². The Morgan fingerprint density at radius 1 is 1.39 bits per heavy atom. The van der Waals surface area contributed by atoms with Gasteiger partial charge in [0.15, 0.2) is 5.96 Å². The fraction of sp³-hybridized carbons (Fsp3) is 0.538. The highest BCUT2D eigenvalue weighted by Gasteiger charge is 2.01. The molecular weight excluding hydrogens is 445 g/mol. The van der Waals surface area contributed by atoms with Crippen LogP contribution in [0.15, 0.2) is 27.2 Å². The number of rotatable bonds is 8. The van der Waals surface area contributed by atoms with Gasteiger partial charge >= 0.3 is 0 Å². The van der Waals surface area contributed by atoms with Crippen molar-refractivity contribution in [2.45, 2.75) is 24.2 Å². The molecule has 0 aliphatic carbocycles. The number of aryl methyl sites for hydroxylation is 1. The zero-order chi connectivity index (χ0) is 15.6. The van der Waals surface area contributed by atoms with Gasteiger partial charge in [-0.05, 0) is 13.3 Å². The lowest BCUT2D eigenvalue weighted by atomic mass is 10.5. The van der Waals surface area contributed by atoms with Crippen LogP contribution in [-0.4, -0.2) is 44.6 Å². The molecule has 10 heteroatoms. The van der Waals surface area contributed by atoms with Crippen LogP contribution in [0, 0.1) is 0 Å². The van der Waals surface area contributed by atoms with Gasteiger partial charge in [-0.15, -0.1) is 35.3 Å². The van der Waals surface area contributed by atoms with E-state index in [0.717, 1.165) is 41.4 Å². The molecule has 0 radical (unpaired) electrons. The fourth-order valence-electron chi connectivity index (χ4n) is 1.67. The number of guanidine groups is 1. The first-order valence-electron chi connectivity index (χ1n) is 7.17. The number of thioether (sulfide) groups is 1. The monoisotopic (exact) mass is 467 g/mol. The van der Waals surface area contributed by atoms with Crippen LogP contribution in [0.4, 0.5) is 0 Å². The number of aliphatic imine (C=N–C) groups is 1. The smallest absolute Gasteiger partial charge is 0.191 e. The number of halogens is 1. The molecule has 2 aromatic heterocycles. The van der Waals surface area contributed by atoms with Gasteiger partial charge in [0.2, 0.25) is 0 Å². The summed E-state index contributed by atoms with van der Waals surface area (Å²) < 4.78 is 2.86. The van der Waals surface area contributed by atoms with E-state index in [2.05, 4.69) is 37.6 Å². The van der Waals surface area contributed by atoms with Crippen molar-refractivity contribution in [2.75, 3.05) is 18.8 Å². The number of nitrogens with zero attached hydrogens (tertiary/aromatic N) is 5.